The van der Waals surface area contributed by atoms with E-state index in [1.54, 1.807) is 60.1 Å². The Labute approximate surface area is 164 Å². The summed E-state index contributed by atoms with van der Waals surface area (Å²) in [6.07, 6.45) is 1.54. The van der Waals surface area contributed by atoms with Gasteiger partial charge < -0.3 is 18.4 Å². The van der Waals surface area contributed by atoms with Crippen LogP contribution in [0.3, 0.4) is 0 Å². The number of hydrogen-bond donors (Lipinski definition) is 0. The summed E-state index contributed by atoms with van der Waals surface area (Å²) in [6.45, 7) is 2.19. The minimum atomic E-state index is -0.507. The van der Waals surface area contributed by atoms with Gasteiger partial charge in [-0.25, -0.2) is 9.78 Å². The van der Waals surface area contributed by atoms with Gasteiger partial charge in [0.15, 0.2) is 5.76 Å². The fourth-order valence-electron chi connectivity index (χ4n) is 2.52. The molecule has 0 unspecified atom stereocenters. The van der Waals surface area contributed by atoms with Crippen LogP contribution in [-0.4, -0.2) is 16.1 Å². The Morgan fingerprint density at radius 1 is 1.11 bits per heavy atom. The van der Waals surface area contributed by atoms with Crippen LogP contribution in [0.5, 0.6) is 5.75 Å². The normalized spacial score (nSPS) is 10.8. The number of rotatable bonds is 7. The van der Waals surface area contributed by atoms with Crippen LogP contribution in [0.4, 0.5) is 0 Å². The lowest BCUT2D eigenvalue weighted by Crippen LogP contribution is -2.08. The van der Waals surface area contributed by atoms with Crippen LogP contribution in [0.15, 0.2) is 63.0 Å². The van der Waals surface area contributed by atoms with Gasteiger partial charge in [-0.3, -0.25) is 0 Å². The molecule has 0 bridgehead atoms. The molecule has 3 heterocycles. The molecule has 0 aliphatic rings. The zero-order valence-corrected chi connectivity index (χ0v) is 15.8. The summed E-state index contributed by atoms with van der Waals surface area (Å²) < 4.78 is 21.6. The van der Waals surface area contributed by atoms with Crippen LogP contribution in [0, 0.1) is 6.92 Å². The zero-order chi connectivity index (χ0) is 19.3. The van der Waals surface area contributed by atoms with Crippen molar-refractivity contribution in [1.29, 1.82) is 0 Å². The van der Waals surface area contributed by atoms with E-state index in [1.165, 1.54) is 0 Å². The number of para-hydroxylation sites is 1. The van der Waals surface area contributed by atoms with E-state index in [0.29, 0.717) is 28.5 Å². The van der Waals surface area contributed by atoms with Crippen LogP contribution >= 0.6 is 11.3 Å². The lowest BCUT2D eigenvalue weighted by atomic mass is 10.2. The quantitative estimate of drug-likeness (QED) is 0.421. The van der Waals surface area contributed by atoms with E-state index in [9.17, 15) is 4.79 Å². The summed E-state index contributed by atoms with van der Waals surface area (Å²) >= 11 is 1.55. The minimum Gasteiger partial charge on any atom is -0.486 e. The van der Waals surface area contributed by atoms with Gasteiger partial charge in [0.05, 0.1) is 17.0 Å². The number of thiazole rings is 1. The maximum Gasteiger partial charge on any atom is 0.342 e. The van der Waals surface area contributed by atoms with Crippen LogP contribution in [0.25, 0.3) is 11.5 Å². The van der Waals surface area contributed by atoms with Gasteiger partial charge in [0, 0.05) is 11.4 Å². The first-order valence-electron chi connectivity index (χ1n) is 8.48. The number of carbonyl (C=O) groups excluding carboxylic acids is 1. The molecule has 0 radical (unpaired) electrons. The van der Waals surface area contributed by atoms with Gasteiger partial charge >= 0.3 is 5.97 Å². The first-order chi connectivity index (χ1) is 13.7. The molecule has 3 aromatic heterocycles. The summed E-state index contributed by atoms with van der Waals surface area (Å²) in [4.78, 5) is 16.8. The van der Waals surface area contributed by atoms with E-state index in [-0.39, 0.29) is 13.2 Å². The van der Waals surface area contributed by atoms with Crippen molar-refractivity contribution in [1.82, 2.24) is 10.1 Å². The number of esters is 1. The highest BCUT2D eigenvalue weighted by Gasteiger charge is 2.16. The molecule has 0 spiro atoms. The molecule has 0 N–H and O–H groups in total. The predicted molar refractivity (Wildman–Crippen MR) is 101 cm³/mol. The van der Waals surface area contributed by atoms with Gasteiger partial charge in [-0.15, -0.1) is 11.3 Å². The SMILES string of the molecule is Cc1nc(COc2ccccc2C(=O)OCc2cc(-c3ccco3)on2)cs1. The van der Waals surface area contributed by atoms with Gasteiger partial charge in [-0.1, -0.05) is 17.3 Å². The molecule has 142 valence electrons. The molecule has 1 aromatic carbocycles. The first-order valence-corrected chi connectivity index (χ1v) is 9.36. The Morgan fingerprint density at radius 2 is 2.00 bits per heavy atom. The number of nitrogens with zero attached hydrogens (tertiary/aromatic N) is 2. The van der Waals surface area contributed by atoms with Gasteiger partial charge in [0.1, 0.15) is 30.2 Å². The number of hydrogen-bond acceptors (Lipinski definition) is 8. The fourth-order valence-corrected chi connectivity index (χ4v) is 3.12. The second kappa shape index (κ2) is 8.10. The minimum absolute atomic E-state index is 0.0251. The fraction of sp³-hybridized carbons (Fsp3) is 0.150. The van der Waals surface area contributed by atoms with Crippen molar-refractivity contribution in [3.63, 3.8) is 0 Å². The molecule has 28 heavy (non-hydrogen) atoms. The van der Waals surface area contributed by atoms with Gasteiger partial charge in [-0.05, 0) is 31.2 Å². The lowest BCUT2D eigenvalue weighted by Gasteiger charge is -2.10. The number of carbonyl (C=O) groups is 1. The molecule has 0 atom stereocenters. The molecular formula is C20H16N2O5S. The Kier molecular flexibility index (Phi) is 5.20. The third-order valence-electron chi connectivity index (χ3n) is 3.82. The maximum absolute atomic E-state index is 12.5. The smallest absolute Gasteiger partial charge is 0.342 e. The summed E-state index contributed by atoms with van der Waals surface area (Å²) in [5.41, 5.74) is 1.64. The van der Waals surface area contributed by atoms with Crippen molar-refractivity contribution in [2.45, 2.75) is 20.1 Å². The van der Waals surface area contributed by atoms with E-state index in [2.05, 4.69) is 10.1 Å². The van der Waals surface area contributed by atoms with E-state index >= 15 is 0 Å². The Balaban J connectivity index is 1.39. The molecule has 0 aliphatic heterocycles. The number of aromatic nitrogens is 2. The predicted octanol–water partition coefficient (Wildman–Crippen LogP) is 4.64. The molecule has 0 aliphatic carbocycles. The number of furan rings is 1. The zero-order valence-electron chi connectivity index (χ0n) is 15.0. The van der Waals surface area contributed by atoms with E-state index in [1.807, 2.05) is 12.3 Å². The van der Waals surface area contributed by atoms with Crippen molar-refractivity contribution in [3.05, 3.63) is 76.1 Å². The van der Waals surface area contributed by atoms with Crippen molar-refractivity contribution in [2.24, 2.45) is 0 Å². The van der Waals surface area contributed by atoms with Gasteiger partial charge in [0.25, 0.3) is 0 Å². The largest absolute Gasteiger partial charge is 0.486 e. The van der Waals surface area contributed by atoms with E-state index < -0.39 is 5.97 Å². The Bertz CT molecular complexity index is 1070. The summed E-state index contributed by atoms with van der Waals surface area (Å²) in [5.74, 6) is 0.960. The second-order valence-corrected chi connectivity index (χ2v) is 6.94. The van der Waals surface area contributed by atoms with Crippen LogP contribution in [0.1, 0.15) is 26.8 Å². The molecule has 0 saturated carbocycles. The van der Waals surface area contributed by atoms with Gasteiger partial charge in [0.2, 0.25) is 5.76 Å². The topological polar surface area (TPSA) is 87.6 Å². The van der Waals surface area contributed by atoms with Crippen molar-refractivity contribution in [2.75, 3.05) is 0 Å². The molecule has 0 amide bonds. The van der Waals surface area contributed by atoms with Crippen molar-refractivity contribution in [3.8, 4) is 17.3 Å². The standard InChI is InChI=1S/C20H16N2O5S/c1-13-21-15(12-28-13)11-25-17-6-3-2-5-16(17)20(23)26-10-14-9-19(27-22-14)18-7-4-8-24-18/h2-9,12H,10-11H2,1H3. The van der Waals surface area contributed by atoms with Crippen LogP contribution < -0.4 is 4.74 Å². The molecule has 0 fully saturated rings. The second-order valence-electron chi connectivity index (χ2n) is 5.88. The summed E-state index contributed by atoms with van der Waals surface area (Å²) in [7, 11) is 0. The Morgan fingerprint density at radius 3 is 2.79 bits per heavy atom. The summed E-state index contributed by atoms with van der Waals surface area (Å²) in [5, 5.41) is 6.78. The van der Waals surface area contributed by atoms with Crippen LogP contribution in [-0.2, 0) is 18.0 Å². The van der Waals surface area contributed by atoms with Crippen molar-refractivity contribution >= 4 is 17.3 Å². The molecule has 8 heteroatoms. The molecular weight excluding hydrogens is 380 g/mol. The first kappa shape index (κ1) is 18.0. The highest BCUT2D eigenvalue weighted by molar-refractivity contribution is 7.09. The molecule has 4 aromatic rings. The molecule has 7 nitrogen and oxygen atoms in total. The van der Waals surface area contributed by atoms with Gasteiger partial charge in [-0.2, -0.15) is 0 Å². The third-order valence-corrected chi connectivity index (χ3v) is 4.65. The molecule has 0 saturated heterocycles. The molecule has 4 rings (SSSR count). The number of benzene rings is 1. The summed E-state index contributed by atoms with van der Waals surface area (Å²) in [6, 6.07) is 12.1. The number of aryl methyl sites for hydroxylation is 1. The van der Waals surface area contributed by atoms with E-state index in [0.717, 1.165) is 10.7 Å². The van der Waals surface area contributed by atoms with Crippen molar-refractivity contribution < 1.29 is 23.2 Å². The highest BCUT2D eigenvalue weighted by Crippen LogP contribution is 2.23. The average molecular weight is 396 g/mol. The average Bonchev–Trinajstić information content (AvgIpc) is 3.46. The maximum atomic E-state index is 12.5. The van der Waals surface area contributed by atoms with E-state index in [4.69, 9.17) is 18.4 Å². The third kappa shape index (κ3) is 4.12. The Hall–Kier alpha value is -3.39. The number of ether oxygens (including phenoxy) is 2. The monoisotopic (exact) mass is 396 g/mol. The van der Waals surface area contributed by atoms with Crippen LogP contribution in [0.2, 0.25) is 0 Å². The highest BCUT2D eigenvalue weighted by atomic mass is 32.1. The lowest BCUT2D eigenvalue weighted by molar-refractivity contribution is 0.0459.